The van der Waals surface area contributed by atoms with E-state index in [0.717, 1.165) is 44.8 Å². The molecule has 0 amide bonds. The molecule has 0 heterocycles. The summed E-state index contributed by atoms with van der Waals surface area (Å²) in [7, 11) is 0. The van der Waals surface area contributed by atoms with E-state index in [1.807, 2.05) is 0 Å². The third kappa shape index (κ3) is 2.89. The average Bonchev–Trinajstić information content (AvgIpc) is 2.54. The van der Waals surface area contributed by atoms with Crippen LogP contribution in [0.15, 0.2) is 0 Å². The molecule has 0 aromatic carbocycles. The monoisotopic (exact) mass is 350 g/mol. The third-order valence-electron chi connectivity index (χ3n) is 7.84. The van der Waals surface area contributed by atoms with E-state index in [2.05, 4.69) is 6.92 Å². The zero-order valence-corrected chi connectivity index (χ0v) is 15.5. The standard InChI is InChI=1S/C20H30O5/c1-12(22)25-14-6-8-19(2)13(10-14)4-5-15-16(19)7-9-20(3,18(23)24)17(15)11-21/h11,13-17H,4-10H2,1-3H3,(H,23,24)/t13-,14+,15-,16+,17?,19+,20+/m1/s1. The van der Waals surface area contributed by atoms with Crippen molar-refractivity contribution < 1.29 is 24.2 Å². The molecule has 1 N–H and O–H groups in total. The van der Waals surface area contributed by atoms with E-state index in [-0.39, 0.29) is 23.4 Å². The van der Waals surface area contributed by atoms with Crippen molar-refractivity contribution in [2.75, 3.05) is 0 Å². The maximum atomic E-state index is 11.9. The molecule has 3 fully saturated rings. The number of aliphatic carboxylic acids is 1. The molecule has 0 aliphatic heterocycles. The van der Waals surface area contributed by atoms with E-state index >= 15 is 0 Å². The number of fused-ring (bicyclic) bond motifs is 3. The van der Waals surface area contributed by atoms with Crippen LogP contribution in [0.2, 0.25) is 0 Å². The minimum atomic E-state index is -0.930. The van der Waals surface area contributed by atoms with Crippen LogP contribution in [0.25, 0.3) is 0 Å². The molecule has 0 aromatic heterocycles. The molecule has 0 aromatic rings. The number of carbonyl (C=O) groups is 3. The molecular formula is C20H30O5. The molecule has 7 atom stereocenters. The van der Waals surface area contributed by atoms with Gasteiger partial charge in [0.2, 0.25) is 0 Å². The predicted molar refractivity (Wildman–Crippen MR) is 91.7 cm³/mol. The Morgan fingerprint density at radius 1 is 1.12 bits per heavy atom. The number of hydrogen-bond donors (Lipinski definition) is 1. The summed E-state index contributed by atoms with van der Waals surface area (Å²) in [4.78, 5) is 35.0. The third-order valence-corrected chi connectivity index (χ3v) is 7.84. The highest BCUT2D eigenvalue weighted by atomic mass is 16.5. The van der Waals surface area contributed by atoms with Gasteiger partial charge in [-0.2, -0.15) is 0 Å². The number of carboxylic acid groups (broad SMARTS) is 1. The van der Waals surface area contributed by atoms with Crippen molar-refractivity contribution in [1.82, 2.24) is 0 Å². The van der Waals surface area contributed by atoms with Gasteiger partial charge >= 0.3 is 11.9 Å². The zero-order valence-electron chi connectivity index (χ0n) is 15.5. The molecule has 25 heavy (non-hydrogen) atoms. The van der Waals surface area contributed by atoms with Crippen LogP contribution in [0, 0.1) is 34.5 Å². The minimum Gasteiger partial charge on any atom is -0.481 e. The first-order valence-corrected chi connectivity index (χ1v) is 9.58. The van der Waals surface area contributed by atoms with Crippen molar-refractivity contribution >= 4 is 18.2 Å². The Hall–Kier alpha value is -1.39. The molecule has 5 heteroatoms. The Morgan fingerprint density at radius 2 is 1.84 bits per heavy atom. The first-order valence-electron chi connectivity index (χ1n) is 9.58. The van der Waals surface area contributed by atoms with Gasteiger partial charge < -0.3 is 14.6 Å². The Balaban J connectivity index is 1.82. The van der Waals surface area contributed by atoms with Gasteiger partial charge in [-0.1, -0.05) is 6.92 Å². The summed E-state index contributed by atoms with van der Waals surface area (Å²) in [5.41, 5.74) is -0.804. The number of rotatable bonds is 3. The summed E-state index contributed by atoms with van der Waals surface area (Å²) < 4.78 is 5.46. The fourth-order valence-corrected chi connectivity index (χ4v) is 6.31. The van der Waals surface area contributed by atoms with E-state index < -0.39 is 17.3 Å². The van der Waals surface area contributed by atoms with Crippen molar-refractivity contribution in [3.8, 4) is 0 Å². The maximum Gasteiger partial charge on any atom is 0.310 e. The number of aldehydes is 1. The van der Waals surface area contributed by atoms with Crippen molar-refractivity contribution in [1.29, 1.82) is 0 Å². The SMILES string of the molecule is CC(=O)O[C@H]1CC[C@@]2(C)[C@H](CC[C@H]3C(C=O)[C@@](C)(C(=O)O)CC[C@@H]32)C1. The highest BCUT2D eigenvalue weighted by molar-refractivity contribution is 5.79. The van der Waals surface area contributed by atoms with Crippen LogP contribution >= 0.6 is 0 Å². The van der Waals surface area contributed by atoms with Gasteiger partial charge in [0.05, 0.1) is 5.41 Å². The molecule has 0 spiro atoms. The topological polar surface area (TPSA) is 80.7 Å². The van der Waals surface area contributed by atoms with Gasteiger partial charge in [-0.15, -0.1) is 0 Å². The summed E-state index contributed by atoms with van der Waals surface area (Å²) in [6.45, 7) is 5.54. The molecular weight excluding hydrogens is 320 g/mol. The Bertz CT molecular complexity index is 572. The molecule has 3 saturated carbocycles. The average molecular weight is 350 g/mol. The second kappa shape index (κ2) is 6.40. The van der Waals surface area contributed by atoms with E-state index in [1.54, 1.807) is 6.92 Å². The number of ether oxygens (including phenoxy) is 1. The summed E-state index contributed by atoms with van der Waals surface area (Å²) in [5.74, 6) is -0.390. The second-order valence-electron chi connectivity index (χ2n) is 8.98. The highest BCUT2D eigenvalue weighted by Gasteiger charge is 2.59. The fraction of sp³-hybridized carbons (Fsp3) is 0.850. The van der Waals surface area contributed by atoms with Crippen LogP contribution in [0.3, 0.4) is 0 Å². The van der Waals surface area contributed by atoms with E-state index in [1.165, 1.54) is 6.92 Å². The number of esters is 1. The molecule has 3 rings (SSSR count). The molecule has 3 aliphatic rings. The molecule has 0 radical (unpaired) electrons. The lowest BCUT2D eigenvalue weighted by Crippen LogP contribution is -2.56. The minimum absolute atomic E-state index is 0.0156. The van der Waals surface area contributed by atoms with Crippen LogP contribution in [-0.4, -0.2) is 29.4 Å². The van der Waals surface area contributed by atoms with E-state index in [9.17, 15) is 19.5 Å². The van der Waals surface area contributed by atoms with Gasteiger partial charge in [-0.3, -0.25) is 9.59 Å². The van der Waals surface area contributed by atoms with Crippen LogP contribution in [0.5, 0.6) is 0 Å². The van der Waals surface area contributed by atoms with Gasteiger partial charge in [0, 0.05) is 12.8 Å². The lowest BCUT2D eigenvalue weighted by atomic mass is 9.45. The van der Waals surface area contributed by atoms with Gasteiger partial charge in [0.15, 0.2) is 0 Å². The smallest absolute Gasteiger partial charge is 0.310 e. The summed E-state index contributed by atoms with van der Waals surface area (Å²) in [6.07, 6.45) is 7.05. The van der Waals surface area contributed by atoms with Crippen LogP contribution in [0.4, 0.5) is 0 Å². The summed E-state index contributed by atoms with van der Waals surface area (Å²) >= 11 is 0. The van der Waals surface area contributed by atoms with Gasteiger partial charge in [-0.25, -0.2) is 0 Å². The lowest BCUT2D eigenvalue weighted by molar-refractivity contribution is -0.173. The van der Waals surface area contributed by atoms with Gasteiger partial charge in [-0.05, 0) is 75.0 Å². The van der Waals surface area contributed by atoms with E-state index in [4.69, 9.17) is 4.74 Å². The van der Waals surface area contributed by atoms with E-state index in [0.29, 0.717) is 18.3 Å². The normalized spacial score (nSPS) is 46.4. The molecule has 1 unspecified atom stereocenters. The van der Waals surface area contributed by atoms with Crippen LogP contribution < -0.4 is 0 Å². The first-order chi connectivity index (χ1) is 11.7. The number of hydrogen-bond acceptors (Lipinski definition) is 4. The van der Waals surface area contributed by atoms with Crippen LogP contribution in [-0.2, 0) is 19.1 Å². The number of carbonyl (C=O) groups excluding carboxylic acids is 2. The molecule has 0 bridgehead atoms. The lowest BCUT2D eigenvalue weighted by Gasteiger charge is -2.59. The molecule has 0 saturated heterocycles. The quantitative estimate of drug-likeness (QED) is 0.623. The zero-order chi connectivity index (χ0) is 18.4. The highest BCUT2D eigenvalue weighted by Crippen LogP contribution is 2.62. The second-order valence-corrected chi connectivity index (χ2v) is 8.98. The molecule has 140 valence electrons. The Kier molecular flexibility index (Phi) is 4.71. The largest absolute Gasteiger partial charge is 0.481 e. The van der Waals surface area contributed by atoms with Crippen molar-refractivity contribution in [3.63, 3.8) is 0 Å². The van der Waals surface area contributed by atoms with Crippen molar-refractivity contribution in [3.05, 3.63) is 0 Å². The summed E-state index contributed by atoms with van der Waals surface area (Å²) in [5, 5.41) is 9.70. The van der Waals surface area contributed by atoms with Crippen molar-refractivity contribution in [2.24, 2.45) is 34.5 Å². The molecule has 3 aliphatic carbocycles. The number of carboxylic acids is 1. The molecule has 5 nitrogen and oxygen atoms in total. The Labute approximate surface area is 149 Å². The van der Waals surface area contributed by atoms with Crippen LogP contribution in [0.1, 0.15) is 65.7 Å². The Morgan fingerprint density at radius 3 is 2.44 bits per heavy atom. The maximum absolute atomic E-state index is 11.9. The summed E-state index contributed by atoms with van der Waals surface area (Å²) in [6, 6.07) is 0. The van der Waals surface area contributed by atoms with Gasteiger partial charge in [0.25, 0.3) is 0 Å². The van der Waals surface area contributed by atoms with Gasteiger partial charge in [0.1, 0.15) is 12.4 Å². The fourth-order valence-electron chi connectivity index (χ4n) is 6.31. The van der Waals surface area contributed by atoms with Crippen molar-refractivity contribution in [2.45, 2.75) is 71.8 Å². The first kappa shape index (κ1) is 18.4. The predicted octanol–water partition coefficient (Wildman–Crippen LogP) is 3.45.